The van der Waals surface area contributed by atoms with Crippen LogP contribution in [0.1, 0.15) is 129 Å². The molecule has 0 spiro atoms. The fourth-order valence-corrected chi connectivity index (χ4v) is 17.6. The number of allylic oxidation sites excluding steroid dienone is 6. The SMILES string of the molecule is C=Cc1ccc(OCCCCCCC2(c3ccccc3)c3ccccc3-c3ccc(N(c4ccc(-c5ccc(N(c6ccc(-c7ccccc7)cc6)c6ccc7c(c6)C(CCCCCCOC6=CCC(C)(C=C)C=C6)(c6ccccc6)c6ccccc6-7)cc5)cc4)C4C=CC(c5ccccc5)=CC4C)cc32)cc1. The summed E-state index contributed by atoms with van der Waals surface area (Å²) in [6.07, 6.45) is 29.2. The number of benzene rings is 12. The maximum Gasteiger partial charge on any atom is 0.119 e. The molecular formula is C104H96N2O2. The van der Waals surface area contributed by atoms with E-state index in [1.807, 2.05) is 24.3 Å². The van der Waals surface area contributed by atoms with Gasteiger partial charge in [-0.3, -0.25) is 0 Å². The average Bonchev–Trinajstić information content (AvgIpc) is 1.56. The number of nitrogens with zero attached hydrogens (tertiary/aromatic N) is 2. The lowest BCUT2D eigenvalue weighted by atomic mass is 9.69. The minimum absolute atomic E-state index is 0.00126. The molecule has 108 heavy (non-hydrogen) atoms. The lowest BCUT2D eigenvalue weighted by Gasteiger charge is -2.38. The van der Waals surface area contributed by atoms with Gasteiger partial charge in [0.25, 0.3) is 0 Å². The maximum absolute atomic E-state index is 6.30. The van der Waals surface area contributed by atoms with E-state index in [1.54, 1.807) is 0 Å². The summed E-state index contributed by atoms with van der Waals surface area (Å²) >= 11 is 0. The van der Waals surface area contributed by atoms with Gasteiger partial charge in [-0.1, -0.05) is 326 Å². The number of fused-ring (bicyclic) bond motifs is 6. The monoisotopic (exact) mass is 1400 g/mol. The third kappa shape index (κ3) is 14.2. The first-order valence-electron chi connectivity index (χ1n) is 39.2. The first kappa shape index (κ1) is 70.6. The molecule has 0 radical (unpaired) electrons. The molecule has 16 rings (SSSR count). The molecule has 4 aliphatic carbocycles. The van der Waals surface area contributed by atoms with Crippen LogP contribution in [0.15, 0.2) is 365 Å². The molecule has 4 nitrogen and oxygen atoms in total. The minimum Gasteiger partial charge on any atom is -0.494 e. The number of unbranched alkanes of at least 4 members (excludes halogenated alkanes) is 6. The first-order chi connectivity index (χ1) is 53.2. The van der Waals surface area contributed by atoms with Crippen LogP contribution in [-0.2, 0) is 15.6 Å². The van der Waals surface area contributed by atoms with E-state index in [9.17, 15) is 0 Å². The Morgan fingerprint density at radius 2 is 0.852 bits per heavy atom. The summed E-state index contributed by atoms with van der Waals surface area (Å²) in [6.45, 7) is 14.0. The Morgan fingerprint density at radius 1 is 0.407 bits per heavy atom. The molecule has 534 valence electrons. The summed E-state index contributed by atoms with van der Waals surface area (Å²) in [4.78, 5) is 5.08. The molecule has 0 saturated carbocycles. The largest absolute Gasteiger partial charge is 0.494 e. The predicted molar refractivity (Wildman–Crippen MR) is 455 cm³/mol. The lowest BCUT2D eigenvalue weighted by molar-refractivity contribution is 0.212. The van der Waals surface area contributed by atoms with Crippen molar-refractivity contribution in [3.8, 4) is 50.3 Å². The van der Waals surface area contributed by atoms with Crippen molar-refractivity contribution in [1.82, 2.24) is 0 Å². The molecule has 0 aliphatic heterocycles. The van der Waals surface area contributed by atoms with E-state index in [4.69, 9.17) is 9.47 Å². The van der Waals surface area contributed by atoms with Gasteiger partial charge < -0.3 is 19.3 Å². The van der Waals surface area contributed by atoms with Gasteiger partial charge in [0.2, 0.25) is 0 Å². The second-order valence-electron chi connectivity index (χ2n) is 30.2. The van der Waals surface area contributed by atoms with Gasteiger partial charge in [-0.15, -0.1) is 6.58 Å². The lowest BCUT2D eigenvalue weighted by Crippen LogP contribution is -2.36. The molecule has 5 atom stereocenters. The Hall–Kier alpha value is -11.7. The predicted octanol–water partition coefficient (Wildman–Crippen LogP) is 27.6. The first-order valence-corrected chi connectivity index (χ1v) is 39.2. The van der Waals surface area contributed by atoms with Crippen molar-refractivity contribution in [2.24, 2.45) is 11.3 Å². The zero-order valence-corrected chi connectivity index (χ0v) is 62.5. The highest BCUT2D eigenvalue weighted by atomic mass is 16.5. The Bertz CT molecular complexity index is 5250. The molecule has 0 amide bonds. The molecule has 12 aromatic carbocycles. The Morgan fingerprint density at radius 3 is 1.36 bits per heavy atom. The molecule has 0 bridgehead atoms. The fourth-order valence-electron chi connectivity index (χ4n) is 17.6. The van der Waals surface area contributed by atoms with E-state index in [0.717, 1.165) is 128 Å². The third-order valence-electron chi connectivity index (χ3n) is 23.4. The van der Waals surface area contributed by atoms with E-state index < -0.39 is 0 Å². The number of hydrogen-bond acceptors (Lipinski definition) is 4. The van der Waals surface area contributed by atoms with Crippen LogP contribution in [0, 0.1) is 11.3 Å². The van der Waals surface area contributed by atoms with Crippen molar-refractivity contribution in [2.75, 3.05) is 23.0 Å². The van der Waals surface area contributed by atoms with Crippen molar-refractivity contribution in [3.63, 3.8) is 0 Å². The van der Waals surface area contributed by atoms with Crippen LogP contribution < -0.4 is 14.5 Å². The molecule has 12 aromatic rings. The van der Waals surface area contributed by atoms with Gasteiger partial charge in [-0.25, -0.2) is 0 Å². The van der Waals surface area contributed by atoms with Crippen molar-refractivity contribution >= 4 is 40.1 Å². The molecule has 0 aromatic heterocycles. The van der Waals surface area contributed by atoms with E-state index in [1.165, 1.54) is 83.6 Å². The van der Waals surface area contributed by atoms with Crippen LogP contribution in [0.5, 0.6) is 5.75 Å². The Labute approximate surface area is 640 Å². The number of hydrogen-bond donors (Lipinski definition) is 0. The molecular weight excluding hydrogens is 1310 g/mol. The van der Waals surface area contributed by atoms with Gasteiger partial charge in [-0.2, -0.15) is 0 Å². The minimum atomic E-state index is -0.354. The highest BCUT2D eigenvalue weighted by Crippen LogP contribution is 2.59. The Balaban J connectivity index is 0.718. The highest BCUT2D eigenvalue weighted by molar-refractivity contribution is 5.90. The normalized spacial score (nSPS) is 18.5. The van der Waals surface area contributed by atoms with E-state index in [-0.39, 0.29) is 28.2 Å². The molecule has 4 aliphatic rings. The molecule has 0 N–H and O–H groups in total. The van der Waals surface area contributed by atoms with E-state index in [2.05, 4.69) is 364 Å². The maximum atomic E-state index is 6.30. The zero-order valence-electron chi connectivity index (χ0n) is 62.5. The standard InChI is InChI=1S/C104H96N2O2/c1-5-77-43-60-91(61-44-77)107-71-29-9-7-28-68-104(85-37-21-14-22-38-85)98-42-26-24-40-94(98)96-63-59-90(75-100(96)104)106(101-64-51-83(73-76(101)3)79-33-17-12-18-34-79)88-56-49-82(50-57-88)81-47-54-87(55-48-81)105(86-52-45-80(46-53-86)78-31-15-11-16-32-78)89-58-62-95-93-39-23-25-41-97(93)103(99(95)74-89,84-35-19-13-20-36-84)67-27-8-10-30-72-108-92-65-69-102(4,6-2)70-66-92/h5-6,11-26,31-66,69,73-76,101H,1-2,7-10,27-30,67-68,70-72H2,3-4H3. The average molecular weight is 1410 g/mol. The highest BCUT2D eigenvalue weighted by Gasteiger charge is 2.46. The van der Waals surface area contributed by atoms with Gasteiger partial charge in [0.15, 0.2) is 0 Å². The molecule has 0 fully saturated rings. The summed E-state index contributed by atoms with van der Waals surface area (Å²) in [5.41, 5.74) is 26.7. The summed E-state index contributed by atoms with van der Waals surface area (Å²) in [7, 11) is 0. The van der Waals surface area contributed by atoms with E-state index >= 15 is 0 Å². The molecule has 0 saturated heterocycles. The van der Waals surface area contributed by atoms with Crippen molar-refractivity contribution in [1.29, 1.82) is 0 Å². The quantitative estimate of drug-likeness (QED) is 0.0345. The Kier molecular flexibility index (Phi) is 20.8. The van der Waals surface area contributed by atoms with Crippen LogP contribution in [0.2, 0.25) is 0 Å². The molecule has 5 unspecified atom stereocenters. The van der Waals surface area contributed by atoms with Crippen LogP contribution in [0.25, 0.3) is 56.2 Å². The third-order valence-corrected chi connectivity index (χ3v) is 23.4. The van der Waals surface area contributed by atoms with Gasteiger partial charge in [0.1, 0.15) is 11.5 Å². The fraction of sp³-hybridized carbons (Fsp3) is 0.192. The van der Waals surface area contributed by atoms with Crippen molar-refractivity contribution < 1.29 is 9.47 Å². The van der Waals surface area contributed by atoms with Gasteiger partial charge in [-0.05, 0) is 218 Å². The summed E-state index contributed by atoms with van der Waals surface area (Å²) < 4.78 is 12.5. The number of anilines is 5. The van der Waals surface area contributed by atoms with Crippen molar-refractivity contribution in [3.05, 3.63) is 409 Å². The second-order valence-corrected chi connectivity index (χ2v) is 30.2. The van der Waals surface area contributed by atoms with Crippen molar-refractivity contribution in [2.45, 2.75) is 101 Å². The van der Waals surface area contributed by atoms with Crippen LogP contribution in [0.3, 0.4) is 0 Å². The molecule has 0 heterocycles. The van der Waals surface area contributed by atoms with Gasteiger partial charge in [0.05, 0.1) is 19.3 Å². The number of rotatable bonds is 29. The van der Waals surface area contributed by atoms with Gasteiger partial charge in [0, 0.05) is 44.7 Å². The van der Waals surface area contributed by atoms with Crippen LogP contribution >= 0.6 is 0 Å². The van der Waals surface area contributed by atoms with Gasteiger partial charge >= 0.3 is 0 Å². The smallest absolute Gasteiger partial charge is 0.119 e. The summed E-state index contributed by atoms with van der Waals surface area (Å²) in [5.74, 6) is 2.07. The van der Waals surface area contributed by atoms with E-state index in [0.29, 0.717) is 6.61 Å². The topological polar surface area (TPSA) is 24.9 Å². The zero-order chi connectivity index (χ0) is 73.3. The number of ether oxygens (including phenoxy) is 2. The second kappa shape index (κ2) is 31.8. The molecule has 4 heteroatoms. The summed E-state index contributed by atoms with van der Waals surface area (Å²) in [5, 5.41) is 0. The summed E-state index contributed by atoms with van der Waals surface area (Å²) in [6, 6.07) is 113. The van der Waals surface area contributed by atoms with Crippen LogP contribution in [0.4, 0.5) is 28.4 Å². The van der Waals surface area contributed by atoms with Crippen LogP contribution in [-0.4, -0.2) is 19.3 Å².